The molecule has 0 rings (SSSR count). The molecule has 2 nitrogen and oxygen atoms in total. The van der Waals surface area contributed by atoms with Crippen molar-refractivity contribution in [1.82, 2.24) is 0 Å². The first-order valence-electron chi connectivity index (χ1n) is 2.31. The highest BCUT2D eigenvalue weighted by atomic mass is 32.2. The van der Waals surface area contributed by atoms with Crippen LogP contribution in [0.25, 0.3) is 0 Å². The molecule has 0 saturated heterocycles. The molecule has 0 bridgehead atoms. The minimum Gasteiger partial charge on any atom is -0.370 e. The highest BCUT2D eigenvalue weighted by Gasteiger charge is 1.78. The zero-order chi connectivity index (χ0) is 5.54. The first-order chi connectivity index (χ1) is 3.41. The zero-order valence-electron chi connectivity index (χ0n) is 4.52. The molecule has 0 unspecified atom stereocenters. The van der Waals surface area contributed by atoms with Crippen molar-refractivity contribution in [3.63, 3.8) is 0 Å². The van der Waals surface area contributed by atoms with Crippen LogP contribution in [-0.4, -0.2) is 12.5 Å². The number of ether oxygens (including phenoxy) is 1. The Kier molecular flexibility index (Phi) is 6.51. The SMILES string of the molecule is CCCOCSN. The standard InChI is InChI=1S/C4H11NOS/c1-2-3-6-4-7-5/h2-5H2,1H3. The Balaban J connectivity index is 2.45. The van der Waals surface area contributed by atoms with Gasteiger partial charge in [-0.1, -0.05) is 18.9 Å². The van der Waals surface area contributed by atoms with E-state index < -0.39 is 0 Å². The molecule has 7 heavy (non-hydrogen) atoms. The summed E-state index contributed by atoms with van der Waals surface area (Å²) in [5.41, 5.74) is 0. The van der Waals surface area contributed by atoms with E-state index in [0.29, 0.717) is 5.94 Å². The van der Waals surface area contributed by atoms with Gasteiger partial charge in [0.15, 0.2) is 0 Å². The lowest BCUT2D eigenvalue weighted by molar-refractivity contribution is 0.183. The third-order valence-electron chi connectivity index (χ3n) is 0.500. The van der Waals surface area contributed by atoms with Crippen LogP contribution in [0.1, 0.15) is 13.3 Å². The largest absolute Gasteiger partial charge is 0.370 e. The molecule has 2 N–H and O–H groups in total. The van der Waals surface area contributed by atoms with Crippen LogP contribution in [0.3, 0.4) is 0 Å². The lowest BCUT2D eigenvalue weighted by atomic mass is 10.5. The highest BCUT2D eigenvalue weighted by molar-refractivity contribution is 7.96. The van der Waals surface area contributed by atoms with Crippen LogP contribution in [0, 0.1) is 0 Å². The quantitative estimate of drug-likeness (QED) is 0.342. The fourth-order valence-corrected chi connectivity index (χ4v) is 0.465. The summed E-state index contributed by atoms with van der Waals surface area (Å²) in [5.74, 6) is 0.619. The van der Waals surface area contributed by atoms with Gasteiger partial charge >= 0.3 is 0 Å². The Labute approximate surface area is 48.5 Å². The normalized spacial score (nSPS) is 9.43. The van der Waals surface area contributed by atoms with Crippen LogP contribution in [0.5, 0.6) is 0 Å². The van der Waals surface area contributed by atoms with Crippen molar-refractivity contribution in [1.29, 1.82) is 0 Å². The van der Waals surface area contributed by atoms with Crippen molar-refractivity contribution in [2.45, 2.75) is 13.3 Å². The van der Waals surface area contributed by atoms with E-state index >= 15 is 0 Å². The molecule has 0 aromatic rings. The predicted octanol–water partition coefficient (Wildman–Crippen LogP) is 0.977. The third-order valence-corrected chi connectivity index (χ3v) is 0.803. The second-order valence-electron chi connectivity index (χ2n) is 1.19. The predicted molar refractivity (Wildman–Crippen MR) is 32.9 cm³/mol. The molecule has 0 aliphatic rings. The second kappa shape index (κ2) is 6.27. The summed E-state index contributed by atoms with van der Waals surface area (Å²) in [4.78, 5) is 0. The first kappa shape index (κ1) is 7.27. The minimum absolute atomic E-state index is 0.619. The van der Waals surface area contributed by atoms with Gasteiger partial charge in [-0.3, -0.25) is 5.14 Å². The number of rotatable bonds is 4. The molecule has 0 amide bonds. The number of hydrogen-bond donors (Lipinski definition) is 1. The molecule has 44 valence electrons. The highest BCUT2D eigenvalue weighted by Crippen LogP contribution is 1.87. The van der Waals surface area contributed by atoms with Gasteiger partial charge < -0.3 is 4.74 Å². The van der Waals surface area contributed by atoms with Gasteiger partial charge in [0.05, 0.1) is 0 Å². The molecule has 0 radical (unpaired) electrons. The van der Waals surface area contributed by atoms with E-state index in [0.717, 1.165) is 13.0 Å². The van der Waals surface area contributed by atoms with Gasteiger partial charge in [-0.15, -0.1) is 0 Å². The van der Waals surface area contributed by atoms with Crippen molar-refractivity contribution in [3.05, 3.63) is 0 Å². The van der Waals surface area contributed by atoms with E-state index in [9.17, 15) is 0 Å². The number of hydrogen-bond acceptors (Lipinski definition) is 3. The third kappa shape index (κ3) is 6.27. The fraction of sp³-hybridized carbons (Fsp3) is 1.00. The summed E-state index contributed by atoms with van der Waals surface area (Å²) in [7, 11) is 0. The van der Waals surface area contributed by atoms with Gasteiger partial charge in [-0.2, -0.15) is 0 Å². The smallest absolute Gasteiger partial charge is 0.106 e. The van der Waals surface area contributed by atoms with Gasteiger partial charge in [0, 0.05) is 6.61 Å². The van der Waals surface area contributed by atoms with Crippen LogP contribution in [-0.2, 0) is 4.74 Å². The van der Waals surface area contributed by atoms with Crippen molar-refractivity contribution in [3.8, 4) is 0 Å². The van der Waals surface area contributed by atoms with Crippen LogP contribution < -0.4 is 5.14 Å². The molecule has 0 saturated carbocycles. The summed E-state index contributed by atoms with van der Waals surface area (Å²) < 4.78 is 4.97. The van der Waals surface area contributed by atoms with Gasteiger partial charge in [-0.25, -0.2) is 0 Å². The number of nitrogens with two attached hydrogens (primary N) is 1. The fourth-order valence-electron chi connectivity index (χ4n) is 0.251. The van der Waals surface area contributed by atoms with Crippen LogP contribution >= 0.6 is 11.9 Å². The molecule has 0 heterocycles. The van der Waals surface area contributed by atoms with E-state index in [2.05, 4.69) is 6.92 Å². The Hall–Kier alpha value is 0.270. The maximum absolute atomic E-state index is 5.06. The van der Waals surface area contributed by atoms with E-state index in [1.54, 1.807) is 0 Å². The Bertz CT molecular complexity index is 30.9. The van der Waals surface area contributed by atoms with E-state index in [4.69, 9.17) is 9.88 Å². The summed E-state index contributed by atoms with van der Waals surface area (Å²) in [6.07, 6.45) is 1.07. The molecule has 0 spiro atoms. The molecule has 0 aromatic carbocycles. The van der Waals surface area contributed by atoms with Crippen molar-refractivity contribution >= 4 is 11.9 Å². The average molecular weight is 121 g/mol. The molecule has 0 aliphatic heterocycles. The summed E-state index contributed by atoms with van der Waals surface area (Å²) in [6.45, 7) is 2.89. The minimum atomic E-state index is 0.619. The van der Waals surface area contributed by atoms with Gasteiger partial charge in [-0.05, 0) is 6.42 Å². The Morgan fingerprint density at radius 2 is 2.43 bits per heavy atom. The maximum atomic E-state index is 5.06. The molecular weight excluding hydrogens is 110 g/mol. The van der Waals surface area contributed by atoms with Gasteiger partial charge in [0.25, 0.3) is 0 Å². The van der Waals surface area contributed by atoms with E-state index in [1.807, 2.05) is 0 Å². The van der Waals surface area contributed by atoms with Crippen molar-refractivity contribution < 1.29 is 4.74 Å². The molecular formula is C4H11NOS. The van der Waals surface area contributed by atoms with Crippen molar-refractivity contribution in [2.75, 3.05) is 12.5 Å². The van der Waals surface area contributed by atoms with E-state index in [-0.39, 0.29) is 0 Å². The molecule has 3 heteroatoms. The Morgan fingerprint density at radius 1 is 1.71 bits per heavy atom. The topological polar surface area (TPSA) is 35.2 Å². The molecule has 0 fully saturated rings. The van der Waals surface area contributed by atoms with Crippen molar-refractivity contribution in [2.24, 2.45) is 5.14 Å². The molecule has 0 aliphatic carbocycles. The summed E-state index contributed by atoms with van der Waals surface area (Å²) in [6, 6.07) is 0. The zero-order valence-corrected chi connectivity index (χ0v) is 5.33. The summed E-state index contributed by atoms with van der Waals surface area (Å²) >= 11 is 1.22. The second-order valence-corrected chi connectivity index (χ2v) is 1.76. The molecule has 0 atom stereocenters. The monoisotopic (exact) mass is 121 g/mol. The summed E-state index contributed by atoms with van der Waals surface area (Å²) in [5, 5.41) is 5.06. The Morgan fingerprint density at radius 3 is 2.86 bits per heavy atom. The van der Waals surface area contributed by atoms with Gasteiger partial charge in [0.2, 0.25) is 0 Å². The lowest BCUT2D eigenvalue weighted by Crippen LogP contribution is -1.93. The maximum Gasteiger partial charge on any atom is 0.106 e. The average Bonchev–Trinajstić information content (AvgIpc) is 1.69. The first-order valence-corrected chi connectivity index (χ1v) is 3.36. The lowest BCUT2D eigenvalue weighted by Gasteiger charge is -1.94. The molecule has 0 aromatic heterocycles. The van der Waals surface area contributed by atoms with Crippen LogP contribution in [0.4, 0.5) is 0 Å². The van der Waals surface area contributed by atoms with Crippen LogP contribution in [0.2, 0.25) is 0 Å². The van der Waals surface area contributed by atoms with E-state index in [1.165, 1.54) is 11.9 Å². The van der Waals surface area contributed by atoms with Gasteiger partial charge in [0.1, 0.15) is 5.94 Å². The van der Waals surface area contributed by atoms with Crippen LogP contribution in [0.15, 0.2) is 0 Å².